The zero-order valence-corrected chi connectivity index (χ0v) is 10.1. The van der Waals surface area contributed by atoms with Gasteiger partial charge in [0.25, 0.3) is 0 Å². The lowest BCUT2D eigenvalue weighted by atomic mass is 10.3. The fourth-order valence-corrected chi connectivity index (χ4v) is 1.37. The summed E-state index contributed by atoms with van der Waals surface area (Å²) < 4.78 is 39.7. The Morgan fingerprint density at radius 2 is 1.25 bits per heavy atom. The maximum Gasteiger partial charge on any atom is 0.573 e. The lowest BCUT2D eigenvalue weighted by Crippen LogP contribution is -2.16. The number of nitrogens with zero attached hydrogens (tertiary/aromatic N) is 2. The summed E-state index contributed by atoms with van der Waals surface area (Å²) in [4.78, 5) is 0. The van der Waals surface area contributed by atoms with Crippen molar-refractivity contribution in [2.24, 2.45) is 10.2 Å². The average Bonchev–Trinajstić information content (AvgIpc) is 2.38. The van der Waals surface area contributed by atoms with E-state index in [0.29, 0.717) is 17.1 Å². The Balaban J connectivity index is 2.05. The summed E-state index contributed by atoms with van der Waals surface area (Å²) in [5.41, 5.74) is 7.14. The molecule has 0 fully saturated rings. The van der Waals surface area contributed by atoms with Gasteiger partial charge in [0.1, 0.15) is 5.75 Å². The molecule has 0 spiro atoms. The van der Waals surface area contributed by atoms with Gasteiger partial charge >= 0.3 is 6.36 Å². The van der Waals surface area contributed by atoms with Gasteiger partial charge in [-0.2, -0.15) is 10.2 Å². The summed E-state index contributed by atoms with van der Waals surface area (Å²) in [6.45, 7) is 0. The highest BCUT2D eigenvalue weighted by Crippen LogP contribution is 2.26. The number of ether oxygens (including phenoxy) is 1. The van der Waals surface area contributed by atoms with E-state index >= 15 is 0 Å². The van der Waals surface area contributed by atoms with Crippen LogP contribution in [0, 0.1) is 0 Å². The van der Waals surface area contributed by atoms with Gasteiger partial charge < -0.3 is 10.5 Å². The predicted octanol–water partition coefficient (Wildman–Crippen LogP) is 4.58. The van der Waals surface area contributed by atoms with Crippen LogP contribution in [0.4, 0.5) is 30.2 Å². The highest BCUT2D eigenvalue weighted by molar-refractivity contribution is 5.48. The molecule has 20 heavy (non-hydrogen) atoms. The number of rotatable bonds is 3. The second-order valence-electron chi connectivity index (χ2n) is 3.83. The molecule has 0 unspecified atom stereocenters. The van der Waals surface area contributed by atoms with Gasteiger partial charge in [-0.1, -0.05) is 0 Å². The van der Waals surface area contributed by atoms with Crippen molar-refractivity contribution in [3.05, 3.63) is 48.5 Å². The highest BCUT2D eigenvalue weighted by Gasteiger charge is 2.30. The molecule has 0 saturated heterocycles. The number of benzene rings is 2. The first-order valence-corrected chi connectivity index (χ1v) is 5.55. The maximum absolute atomic E-state index is 12.0. The van der Waals surface area contributed by atoms with Gasteiger partial charge in [-0.05, 0) is 48.5 Å². The Hall–Kier alpha value is -2.57. The van der Waals surface area contributed by atoms with Crippen LogP contribution in [0.1, 0.15) is 0 Å². The second kappa shape index (κ2) is 5.60. The number of anilines is 1. The van der Waals surface area contributed by atoms with E-state index in [1.807, 2.05) is 0 Å². The molecule has 4 nitrogen and oxygen atoms in total. The van der Waals surface area contributed by atoms with Crippen molar-refractivity contribution in [1.82, 2.24) is 0 Å². The van der Waals surface area contributed by atoms with E-state index < -0.39 is 6.36 Å². The smallest absolute Gasteiger partial charge is 0.406 e. The Bertz CT molecular complexity index is 592. The zero-order chi connectivity index (χ0) is 14.6. The zero-order valence-electron chi connectivity index (χ0n) is 10.1. The maximum atomic E-state index is 12.0. The first-order valence-electron chi connectivity index (χ1n) is 5.55. The molecule has 2 N–H and O–H groups in total. The van der Waals surface area contributed by atoms with Gasteiger partial charge in [0.2, 0.25) is 0 Å². The molecule has 104 valence electrons. The summed E-state index contributed by atoms with van der Waals surface area (Å²) >= 11 is 0. The normalized spacial score (nSPS) is 11.8. The van der Waals surface area contributed by atoms with E-state index in [9.17, 15) is 13.2 Å². The molecule has 0 aliphatic heterocycles. The quantitative estimate of drug-likeness (QED) is 0.661. The molecule has 0 amide bonds. The number of azo groups is 1. The van der Waals surface area contributed by atoms with Gasteiger partial charge in [0.05, 0.1) is 11.4 Å². The van der Waals surface area contributed by atoms with Crippen LogP contribution in [0.15, 0.2) is 58.8 Å². The molecule has 0 atom stereocenters. The van der Waals surface area contributed by atoms with Crippen molar-refractivity contribution in [2.75, 3.05) is 5.73 Å². The van der Waals surface area contributed by atoms with Crippen molar-refractivity contribution in [3.63, 3.8) is 0 Å². The van der Waals surface area contributed by atoms with E-state index in [1.54, 1.807) is 24.3 Å². The fraction of sp³-hybridized carbons (Fsp3) is 0.0769. The minimum atomic E-state index is -4.70. The topological polar surface area (TPSA) is 60.0 Å². The van der Waals surface area contributed by atoms with Gasteiger partial charge in [0, 0.05) is 5.69 Å². The molecule has 2 aromatic rings. The summed E-state index contributed by atoms with van der Waals surface area (Å²) in [7, 11) is 0. The SMILES string of the molecule is Nc1ccc(/N=N/c2ccc(OC(F)(F)F)cc2)cc1. The summed E-state index contributed by atoms with van der Waals surface area (Å²) in [6, 6.07) is 11.8. The number of alkyl halides is 3. The molecule has 0 saturated carbocycles. The largest absolute Gasteiger partial charge is 0.573 e. The first kappa shape index (κ1) is 13.9. The van der Waals surface area contributed by atoms with Crippen LogP contribution in [-0.4, -0.2) is 6.36 Å². The number of hydrogen-bond donors (Lipinski definition) is 1. The molecule has 0 radical (unpaired) electrons. The highest BCUT2D eigenvalue weighted by atomic mass is 19.4. The molecule has 2 aromatic carbocycles. The van der Waals surface area contributed by atoms with Crippen LogP contribution in [0.3, 0.4) is 0 Å². The van der Waals surface area contributed by atoms with Crippen LogP contribution in [0.25, 0.3) is 0 Å². The molecule has 7 heteroatoms. The van der Waals surface area contributed by atoms with Gasteiger partial charge in [-0.25, -0.2) is 0 Å². The summed E-state index contributed by atoms with van der Waals surface area (Å²) in [5, 5.41) is 7.82. The van der Waals surface area contributed by atoms with E-state index in [2.05, 4.69) is 15.0 Å². The monoisotopic (exact) mass is 281 g/mol. The molecule has 2 rings (SSSR count). The predicted molar refractivity (Wildman–Crippen MR) is 68.2 cm³/mol. The van der Waals surface area contributed by atoms with Crippen molar-refractivity contribution in [3.8, 4) is 5.75 Å². The Morgan fingerprint density at radius 1 is 0.800 bits per heavy atom. The lowest BCUT2D eigenvalue weighted by molar-refractivity contribution is -0.274. The minimum absolute atomic E-state index is 0.302. The van der Waals surface area contributed by atoms with Crippen molar-refractivity contribution >= 4 is 17.1 Å². The second-order valence-corrected chi connectivity index (χ2v) is 3.83. The molecule has 0 heterocycles. The summed E-state index contributed by atoms with van der Waals surface area (Å²) in [6.07, 6.45) is -4.70. The molecular weight excluding hydrogens is 271 g/mol. The van der Waals surface area contributed by atoms with Gasteiger partial charge in [-0.3, -0.25) is 0 Å². The number of halogens is 3. The lowest BCUT2D eigenvalue weighted by Gasteiger charge is -2.07. The van der Waals surface area contributed by atoms with E-state index in [0.717, 1.165) is 0 Å². The van der Waals surface area contributed by atoms with Crippen LogP contribution in [-0.2, 0) is 0 Å². The van der Waals surface area contributed by atoms with Crippen LogP contribution < -0.4 is 10.5 Å². The van der Waals surface area contributed by atoms with Crippen LogP contribution >= 0.6 is 0 Å². The van der Waals surface area contributed by atoms with Crippen LogP contribution in [0.2, 0.25) is 0 Å². The van der Waals surface area contributed by atoms with Crippen molar-refractivity contribution < 1.29 is 17.9 Å². The molecular formula is C13H10F3N3O. The van der Waals surface area contributed by atoms with E-state index in [4.69, 9.17) is 5.73 Å². The fourth-order valence-electron chi connectivity index (χ4n) is 1.37. The first-order chi connectivity index (χ1) is 9.42. The van der Waals surface area contributed by atoms with E-state index in [-0.39, 0.29) is 5.75 Å². The van der Waals surface area contributed by atoms with Crippen molar-refractivity contribution in [2.45, 2.75) is 6.36 Å². The van der Waals surface area contributed by atoms with Crippen molar-refractivity contribution in [1.29, 1.82) is 0 Å². The average molecular weight is 281 g/mol. The third kappa shape index (κ3) is 4.27. The number of nitrogens with two attached hydrogens (primary N) is 1. The Morgan fingerprint density at radius 3 is 1.70 bits per heavy atom. The van der Waals surface area contributed by atoms with Gasteiger partial charge in [0.15, 0.2) is 0 Å². The van der Waals surface area contributed by atoms with Crippen LogP contribution in [0.5, 0.6) is 5.75 Å². The standard InChI is InChI=1S/C13H10F3N3O/c14-13(15,16)20-12-7-5-11(6-8-12)19-18-10-3-1-9(17)2-4-10/h1-8H,17H2/b19-18+. The third-order valence-corrected chi connectivity index (χ3v) is 2.24. The third-order valence-electron chi connectivity index (χ3n) is 2.24. The molecule has 0 aliphatic rings. The minimum Gasteiger partial charge on any atom is -0.406 e. The number of hydrogen-bond acceptors (Lipinski definition) is 4. The summed E-state index contributed by atoms with van der Waals surface area (Å²) in [5.74, 6) is -0.302. The molecule has 0 bridgehead atoms. The molecule has 0 aliphatic carbocycles. The van der Waals surface area contributed by atoms with Gasteiger partial charge in [-0.15, -0.1) is 13.2 Å². The number of nitrogen functional groups attached to an aromatic ring is 1. The van der Waals surface area contributed by atoms with E-state index in [1.165, 1.54) is 24.3 Å². The molecule has 0 aromatic heterocycles. The Kier molecular flexibility index (Phi) is 3.88. The Labute approximate surface area is 112 Å².